The SMILES string of the molecule is CCCCOCCOCCOCCOCCOCCOCC(=O)OC(C)(C)C. The molecule has 0 aliphatic rings. The fraction of sp³-hybridized carbons (Fsp3) is 0.950. The van der Waals surface area contributed by atoms with Crippen LogP contribution in [0.5, 0.6) is 0 Å². The number of esters is 1. The number of rotatable bonds is 20. The highest BCUT2D eigenvalue weighted by Crippen LogP contribution is 2.06. The molecule has 0 heterocycles. The number of hydrogen-bond donors (Lipinski definition) is 0. The molecule has 168 valence electrons. The van der Waals surface area contributed by atoms with E-state index in [-0.39, 0.29) is 12.6 Å². The summed E-state index contributed by atoms with van der Waals surface area (Å²) in [4.78, 5) is 11.4. The second-order valence-electron chi connectivity index (χ2n) is 7.05. The average Bonchev–Trinajstić information content (AvgIpc) is 2.62. The number of ether oxygens (including phenoxy) is 7. The molecular weight excluding hydrogens is 368 g/mol. The van der Waals surface area contributed by atoms with Gasteiger partial charge in [0.2, 0.25) is 0 Å². The first kappa shape index (κ1) is 27.2. The highest BCUT2D eigenvalue weighted by Gasteiger charge is 2.15. The third-order valence-corrected chi connectivity index (χ3v) is 3.14. The van der Waals surface area contributed by atoms with Crippen LogP contribution < -0.4 is 0 Å². The lowest BCUT2D eigenvalue weighted by Crippen LogP contribution is -2.27. The van der Waals surface area contributed by atoms with Crippen molar-refractivity contribution in [2.45, 2.75) is 46.1 Å². The molecule has 0 aromatic heterocycles. The summed E-state index contributed by atoms with van der Waals surface area (Å²) in [6.07, 6.45) is 2.24. The lowest BCUT2D eigenvalue weighted by atomic mass is 10.2. The zero-order chi connectivity index (χ0) is 20.9. The minimum atomic E-state index is -0.492. The molecule has 8 heteroatoms. The van der Waals surface area contributed by atoms with Crippen LogP contribution in [0.1, 0.15) is 40.5 Å². The molecule has 0 N–H and O–H groups in total. The van der Waals surface area contributed by atoms with Gasteiger partial charge in [0.25, 0.3) is 0 Å². The van der Waals surface area contributed by atoms with E-state index in [1.807, 2.05) is 20.8 Å². The van der Waals surface area contributed by atoms with Crippen LogP contribution in [0.15, 0.2) is 0 Å². The summed E-state index contributed by atoms with van der Waals surface area (Å²) in [6.45, 7) is 13.4. The molecular formula is C20H40O8. The number of unbranched alkanes of at least 4 members (excludes halogenated alkanes) is 1. The summed E-state index contributed by atoms with van der Waals surface area (Å²) in [5, 5.41) is 0. The Morgan fingerprint density at radius 2 is 0.964 bits per heavy atom. The molecule has 8 nitrogen and oxygen atoms in total. The maximum atomic E-state index is 11.4. The van der Waals surface area contributed by atoms with Gasteiger partial charge >= 0.3 is 5.97 Å². The molecule has 0 aliphatic heterocycles. The topological polar surface area (TPSA) is 81.7 Å². The van der Waals surface area contributed by atoms with E-state index in [2.05, 4.69) is 6.92 Å². The summed E-state index contributed by atoms with van der Waals surface area (Å²) < 4.78 is 37.2. The molecule has 0 atom stereocenters. The van der Waals surface area contributed by atoms with Gasteiger partial charge in [0, 0.05) is 6.61 Å². The average molecular weight is 409 g/mol. The normalized spacial score (nSPS) is 11.7. The van der Waals surface area contributed by atoms with E-state index < -0.39 is 5.60 Å². The predicted octanol–water partition coefficient (Wildman–Crippen LogP) is 2.23. The van der Waals surface area contributed by atoms with Gasteiger partial charge in [-0.25, -0.2) is 4.79 Å². The van der Waals surface area contributed by atoms with Gasteiger partial charge < -0.3 is 33.2 Å². The van der Waals surface area contributed by atoms with Gasteiger partial charge in [0.05, 0.1) is 66.1 Å². The zero-order valence-electron chi connectivity index (χ0n) is 18.2. The predicted molar refractivity (Wildman–Crippen MR) is 106 cm³/mol. The van der Waals surface area contributed by atoms with Gasteiger partial charge in [0.15, 0.2) is 0 Å². The Labute approximate surface area is 170 Å². The number of carbonyl (C=O) groups is 1. The van der Waals surface area contributed by atoms with E-state index in [1.165, 1.54) is 0 Å². The van der Waals surface area contributed by atoms with Gasteiger partial charge in [-0.1, -0.05) is 13.3 Å². The Bertz CT molecular complexity index is 344. The molecule has 0 saturated carbocycles. The molecule has 0 radical (unpaired) electrons. The highest BCUT2D eigenvalue weighted by molar-refractivity contribution is 5.71. The standard InChI is InChI=1S/C20H40O8/c1-5-6-7-22-8-9-23-10-11-24-12-13-25-14-15-26-16-17-27-18-19(21)28-20(2,3)4/h5-18H2,1-4H3. The highest BCUT2D eigenvalue weighted by atomic mass is 16.6. The minimum Gasteiger partial charge on any atom is -0.458 e. The smallest absolute Gasteiger partial charge is 0.332 e. The van der Waals surface area contributed by atoms with Crippen LogP contribution >= 0.6 is 0 Å². The van der Waals surface area contributed by atoms with Crippen molar-refractivity contribution < 1.29 is 38.0 Å². The second-order valence-corrected chi connectivity index (χ2v) is 7.05. The fourth-order valence-corrected chi connectivity index (χ4v) is 1.87. The van der Waals surface area contributed by atoms with Crippen molar-refractivity contribution in [3.63, 3.8) is 0 Å². The lowest BCUT2D eigenvalue weighted by molar-refractivity contribution is -0.160. The van der Waals surface area contributed by atoms with Crippen molar-refractivity contribution in [2.75, 3.05) is 79.3 Å². The van der Waals surface area contributed by atoms with Crippen molar-refractivity contribution in [2.24, 2.45) is 0 Å². The molecule has 0 spiro atoms. The molecule has 0 bridgehead atoms. The van der Waals surface area contributed by atoms with E-state index in [9.17, 15) is 4.79 Å². The molecule has 0 fully saturated rings. The Morgan fingerprint density at radius 1 is 0.607 bits per heavy atom. The van der Waals surface area contributed by atoms with Crippen LogP contribution in [0.2, 0.25) is 0 Å². The molecule has 0 aliphatic carbocycles. The molecule has 0 aromatic carbocycles. The first-order valence-electron chi connectivity index (χ1n) is 10.1. The van der Waals surface area contributed by atoms with Gasteiger partial charge in [-0.15, -0.1) is 0 Å². The Morgan fingerprint density at radius 3 is 1.32 bits per heavy atom. The number of carbonyl (C=O) groups excluding carboxylic acids is 1. The van der Waals surface area contributed by atoms with Crippen molar-refractivity contribution in [3.05, 3.63) is 0 Å². The van der Waals surface area contributed by atoms with Gasteiger partial charge in [-0.2, -0.15) is 0 Å². The van der Waals surface area contributed by atoms with E-state index in [1.54, 1.807) is 0 Å². The quantitative estimate of drug-likeness (QED) is 0.224. The van der Waals surface area contributed by atoms with Crippen LogP contribution in [0.25, 0.3) is 0 Å². The third-order valence-electron chi connectivity index (χ3n) is 3.14. The first-order chi connectivity index (χ1) is 13.5. The summed E-state index contributed by atoms with van der Waals surface area (Å²) >= 11 is 0. The van der Waals surface area contributed by atoms with Crippen molar-refractivity contribution in [1.82, 2.24) is 0 Å². The van der Waals surface area contributed by atoms with E-state index in [4.69, 9.17) is 33.2 Å². The summed E-state index contributed by atoms with van der Waals surface area (Å²) in [6, 6.07) is 0. The molecule has 0 saturated heterocycles. The van der Waals surface area contributed by atoms with Crippen molar-refractivity contribution in [1.29, 1.82) is 0 Å². The van der Waals surface area contributed by atoms with E-state index in [0.717, 1.165) is 19.4 Å². The summed E-state index contributed by atoms with van der Waals surface area (Å²) in [5.74, 6) is -0.374. The maximum Gasteiger partial charge on any atom is 0.332 e. The molecule has 0 unspecified atom stereocenters. The maximum absolute atomic E-state index is 11.4. The van der Waals surface area contributed by atoms with Crippen LogP contribution in [-0.4, -0.2) is 90.9 Å². The van der Waals surface area contributed by atoms with Crippen LogP contribution in [-0.2, 0) is 38.0 Å². The van der Waals surface area contributed by atoms with Crippen LogP contribution in [0.3, 0.4) is 0 Å². The zero-order valence-corrected chi connectivity index (χ0v) is 18.2. The van der Waals surface area contributed by atoms with Crippen LogP contribution in [0, 0.1) is 0 Å². The van der Waals surface area contributed by atoms with Gasteiger partial charge in [-0.3, -0.25) is 0 Å². The third kappa shape index (κ3) is 23.3. The monoisotopic (exact) mass is 408 g/mol. The Balaban J connectivity index is 3.11. The lowest BCUT2D eigenvalue weighted by Gasteiger charge is -2.19. The van der Waals surface area contributed by atoms with Gasteiger partial charge in [-0.05, 0) is 27.2 Å². The van der Waals surface area contributed by atoms with E-state index >= 15 is 0 Å². The van der Waals surface area contributed by atoms with Crippen LogP contribution in [0.4, 0.5) is 0 Å². The second kappa shape index (κ2) is 19.5. The fourth-order valence-electron chi connectivity index (χ4n) is 1.87. The largest absolute Gasteiger partial charge is 0.458 e. The van der Waals surface area contributed by atoms with Gasteiger partial charge in [0.1, 0.15) is 12.2 Å². The summed E-state index contributed by atoms with van der Waals surface area (Å²) in [5.41, 5.74) is -0.492. The van der Waals surface area contributed by atoms with Crippen molar-refractivity contribution >= 4 is 5.97 Å². The Kier molecular flexibility index (Phi) is 19.0. The first-order valence-corrected chi connectivity index (χ1v) is 10.1. The Hall–Kier alpha value is -0.770. The molecule has 0 amide bonds. The minimum absolute atomic E-state index is 0.0654. The molecule has 28 heavy (non-hydrogen) atoms. The summed E-state index contributed by atoms with van der Waals surface area (Å²) in [7, 11) is 0. The van der Waals surface area contributed by atoms with E-state index in [0.29, 0.717) is 66.1 Å². The molecule has 0 rings (SSSR count). The number of hydrogen-bond acceptors (Lipinski definition) is 8. The molecule has 0 aromatic rings. The van der Waals surface area contributed by atoms with Crippen molar-refractivity contribution in [3.8, 4) is 0 Å².